The monoisotopic (exact) mass is 376 g/mol. The van der Waals surface area contributed by atoms with Crippen LogP contribution in [0.1, 0.15) is 23.3 Å². The molecule has 0 fully saturated rings. The highest BCUT2D eigenvalue weighted by Crippen LogP contribution is 2.17. The van der Waals surface area contributed by atoms with Gasteiger partial charge in [0.1, 0.15) is 0 Å². The maximum atomic E-state index is 12.6. The van der Waals surface area contributed by atoms with Crippen LogP contribution in [0.15, 0.2) is 63.9 Å². The van der Waals surface area contributed by atoms with Crippen molar-refractivity contribution in [2.45, 2.75) is 20.1 Å². The maximum Gasteiger partial charge on any atom is 0.359 e. The Morgan fingerprint density at radius 1 is 1.07 bits per heavy atom. The first-order valence-corrected chi connectivity index (χ1v) is 8.72. The predicted octanol–water partition coefficient (Wildman–Crippen LogP) is 2.82. The zero-order valence-electron chi connectivity index (χ0n) is 15.0. The molecule has 0 aliphatic heterocycles. The Kier molecular flexibility index (Phi) is 4.67. The molecule has 2 heterocycles. The highest BCUT2D eigenvalue weighted by Gasteiger charge is 2.19. The van der Waals surface area contributed by atoms with Gasteiger partial charge in [-0.05, 0) is 13.0 Å². The number of aromatic nitrogens is 4. The maximum absolute atomic E-state index is 12.6. The lowest BCUT2D eigenvalue weighted by atomic mass is 10.1. The first-order valence-electron chi connectivity index (χ1n) is 8.72. The molecule has 2 aromatic heterocycles. The van der Waals surface area contributed by atoms with Gasteiger partial charge in [0.05, 0.1) is 5.39 Å². The molecule has 8 heteroatoms. The van der Waals surface area contributed by atoms with Crippen LogP contribution in [-0.2, 0) is 17.9 Å². The Morgan fingerprint density at radius 3 is 2.54 bits per heavy atom. The van der Waals surface area contributed by atoms with Crippen molar-refractivity contribution in [3.05, 3.63) is 76.5 Å². The molecule has 4 aromatic rings. The summed E-state index contributed by atoms with van der Waals surface area (Å²) in [5, 5.41) is 8.89. The molecular weight excluding hydrogens is 360 g/mol. The molecule has 0 atom stereocenters. The van der Waals surface area contributed by atoms with E-state index in [4.69, 9.17) is 9.26 Å². The Balaban J connectivity index is 1.57. The summed E-state index contributed by atoms with van der Waals surface area (Å²) in [6.45, 7) is 1.93. The lowest BCUT2D eigenvalue weighted by Crippen LogP contribution is -2.25. The first kappa shape index (κ1) is 17.6. The summed E-state index contributed by atoms with van der Waals surface area (Å²) in [5.41, 5.74) is 0.616. The molecule has 0 saturated heterocycles. The van der Waals surface area contributed by atoms with E-state index in [9.17, 15) is 9.59 Å². The Labute approximate surface area is 159 Å². The highest BCUT2D eigenvalue weighted by molar-refractivity contribution is 6.02. The molecule has 0 bridgehead atoms. The zero-order chi connectivity index (χ0) is 19.5. The molecule has 0 saturated carbocycles. The minimum atomic E-state index is -0.669. The van der Waals surface area contributed by atoms with Gasteiger partial charge in [0, 0.05) is 17.5 Å². The summed E-state index contributed by atoms with van der Waals surface area (Å²) in [7, 11) is 0. The Bertz CT molecular complexity index is 1200. The zero-order valence-corrected chi connectivity index (χ0v) is 15.0. The van der Waals surface area contributed by atoms with Gasteiger partial charge in [-0.25, -0.2) is 9.48 Å². The van der Waals surface area contributed by atoms with Crippen molar-refractivity contribution in [3.8, 4) is 11.4 Å². The van der Waals surface area contributed by atoms with Gasteiger partial charge < -0.3 is 9.26 Å². The molecule has 0 unspecified atom stereocenters. The van der Waals surface area contributed by atoms with Crippen LogP contribution in [0.25, 0.3) is 22.2 Å². The second-order valence-electron chi connectivity index (χ2n) is 5.97. The van der Waals surface area contributed by atoms with Crippen LogP contribution in [0.2, 0.25) is 0 Å². The lowest BCUT2D eigenvalue weighted by Gasteiger charge is -2.08. The number of carbonyl (C=O) groups is 1. The summed E-state index contributed by atoms with van der Waals surface area (Å²) in [6, 6.07) is 16.1. The van der Waals surface area contributed by atoms with Gasteiger partial charge in [-0.3, -0.25) is 4.79 Å². The number of benzene rings is 2. The normalized spacial score (nSPS) is 10.9. The molecule has 0 radical (unpaired) electrons. The third kappa shape index (κ3) is 3.27. The number of carbonyl (C=O) groups excluding carboxylic acids is 1. The minimum absolute atomic E-state index is 0.0693. The molecule has 0 amide bonds. The van der Waals surface area contributed by atoms with Crippen LogP contribution in [0.4, 0.5) is 0 Å². The fraction of sp³-hybridized carbons (Fsp3) is 0.150. The molecule has 28 heavy (non-hydrogen) atoms. The average Bonchev–Trinajstić information content (AvgIpc) is 3.22. The van der Waals surface area contributed by atoms with Gasteiger partial charge in [-0.2, -0.15) is 10.1 Å². The van der Waals surface area contributed by atoms with Gasteiger partial charge in [-0.1, -0.05) is 53.7 Å². The highest BCUT2D eigenvalue weighted by atomic mass is 16.6. The fourth-order valence-corrected chi connectivity index (χ4v) is 2.81. The number of hydrogen-bond acceptors (Lipinski definition) is 7. The summed E-state index contributed by atoms with van der Waals surface area (Å²) >= 11 is 0. The number of fused-ring (bicyclic) bond motifs is 1. The largest absolute Gasteiger partial charge is 0.451 e. The van der Waals surface area contributed by atoms with Gasteiger partial charge >= 0.3 is 5.97 Å². The van der Waals surface area contributed by atoms with Crippen LogP contribution in [0.5, 0.6) is 0 Å². The van der Waals surface area contributed by atoms with Crippen LogP contribution in [-0.4, -0.2) is 25.9 Å². The lowest BCUT2D eigenvalue weighted by molar-refractivity contribution is 0.0422. The number of hydrogen-bond donors (Lipinski definition) is 0. The molecular formula is C20H16N4O4. The van der Waals surface area contributed by atoms with Crippen LogP contribution in [0, 0.1) is 0 Å². The Hall–Kier alpha value is -3.81. The molecule has 0 aliphatic carbocycles. The van der Waals surface area contributed by atoms with E-state index in [1.165, 1.54) is 4.68 Å². The third-order valence-corrected chi connectivity index (χ3v) is 4.19. The minimum Gasteiger partial charge on any atom is -0.451 e. The van der Waals surface area contributed by atoms with Gasteiger partial charge in [0.25, 0.3) is 11.4 Å². The van der Waals surface area contributed by atoms with E-state index in [1.54, 1.807) is 31.2 Å². The van der Waals surface area contributed by atoms with Gasteiger partial charge in [-0.15, -0.1) is 0 Å². The molecule has 4 rings (SSSR count). The van der Waals surface area contributed by atoms with Crippen molar-refractivity contribution < 1.29 is 14.1 Å². The van der Waals surface area contributed by atoms with Crippen LogP contribution < -0.4 is 5.56 Å². The van der Waals surface area contributed by atoms with E-state index in [-0.39, 0.29) is 23.8 Å². The number of esters is 1. The number of nitrogens with zero attached hydrogens (tertiary/aromatic N) is 4. The number of ether oxygens (including phenoxy) is 1. The van der Waals surface area contributed by atoms with E-state index in [2.05, 4.69) is 15.2 Å². The van der Waals surface area contributed by atoms with E-state index in [0.717, 1.165) is 5.56 Å². The first-order chi connectivity index (χ1) is 13.7. The van der Waals surface area contributed by atoms with Crippen LogP contribution in [0.3, 0.4) is 0 Å². The molecule has 0 aliphatic rings. The average molecular weight is 376 g/mol. The SMILES string of the molecule is CCn1nc(C(=O)OCc2nc(-c3ccccc3)no2)c2ccccc2c1=O. The topological polar surface area (TPSA) is 100 Å². The van der Waals surface area contributed by atoms with Crippen molar-refractivity contribution in [1.29, 1.82) is 0 Å². The Morgan fingerprint density at radius 2 is 1.79 bits per heavy atom. The molecule has 140 valence electrons. The number of rotatable bonds is 5. The summed E-state index contributed by atoms with van der Waals surface area (Å²) in [5.74, 6) is -0.0899. The van der Waals surface area contributed by atoms with Crippen molar-refractivity contribution in [2.24, 2.45) is 0 Å². The van der Waals surface area contributed by atoms with Gasteiger partial charge in [0.2, 0.25) is 5.82 Å². The van der Waals surface area contributed by atoms with E-state index < -0.39 is 5.97 Å². The molecule has 8 nitrogen and oxygen atoms in total. The van der Waals surface area contributed by atoms with E-state index >= 15 is 0 Å². The van der Waals surface area contributed by atoms with Crippen molar-refractivity contribution in [3.63, 3.8) is 0 Å². The second-order valence-corrected chi connectivity index (χ2v) is 5.97. The fourth-order valence-electron chi connectivity index (χ4n) is 2.81. The predicted molar refractivity (Wildman–Crippen MR) is 101 cm³/mol. The molecule has 0 N–H and O–H groups in total. The van der Waals surface area contributed by atoms with E-state index in [1.807, 2.05) is 30.3 Å². The van der Waals surface area contributed by atoms with Crippen molar-refractivity contribution in [1.82, 2.24) is 19.9 Å². The smallest absolute Gasteiger partial charge is 0.359 e. The van der Waals surface area contributed by atoms with Crippen molar-refractivity contribution in [2.75, 3.05) is 0 Å². The van der Waals surface area contributed by atoms with Crippen LogP contribution >= 0.6 is 0 Å². The standard InChI is InChI=1S/C20H16N4O4/c1-2-24-19(25)15-11-7-6-10-14(15)17(22-24)20(26)27-12-16-21-18(23-28-16)13-8-4-3-5-9-13/h3-11H,2,12H2,1H3. The molecule has 2 aromatic carbocycles. The van der Waals surface area contributed by atoms with E-state index in [0.29, 0.717) is 23.1 Å². The third-order valence-electron chi connectivity index (χ3n) is 4.19. The summed E-state index contributed by atoms with van der Waals surface area (Å²) < 4.78 is 11.7. The summed E-state index contributed by atoms with van der Waals surface area (Å²) in [6.07, 6.45) is 0. The summed E-state index contributed by atoms with van der Waals surface area (Å²) in [4.78, 5) is 29.2. The quantitative estimate of drug-likeness (QED) is 0.494. The van der Waals surface area contributed by atoms with Gasteiger partial charge in [0.15, 0.2) is 12.3 Å². The number of aryl methyl sites for hydroxylation is 1. The molecule has 0 spiro atoms. The second kappa shape index (κ2) is 7.43. The van der Waals surface area contributed by atoms with Crippen molar-refractivity contribution >= 4 is 16.7 Å².